The summed E-state index contributed by atoms with van der Waals surface area (Å²) in [6.45, 7) is 1.57. The van der Waals surface area contributed by atoms with Gasteiger partial charge in [0, 0.05) is 46.1 Å². The summed E-state index contributed by atoms with van der Waals surface area (Å²) >= 11 is 1.21. The van der Waals surface area contributed by atoms with E-state index < -0.39 is 17.6 Å². The second-order valence-corrected chi connectivity index (χ2v) is 8.89. The minimum Gasteiger partial charge on any atom is -0.456 e. The zero-order chi connectivity index (χ0) is 26.0. The van der Waals surface area contributed by atoms with Gasteiger partial charge in [0.05, 0.1) is 16.8 Å². The first-order valence-corrected chi connectivity index (χ1v) is 11.8. The molecular formula is C27H18F4N4OS. The van der Waals surface area contributed by atoms with Gasteiger partial charge in [0.15, 0.2) is 11.6 Å². The van der Waals surface area contributed by atoms with Gasteiger partial charge >= 0.3 is 6.18 Å². The van der Waals surface area contributed by atoms with Crippen molar-refractivity contribution in [2.75, 3.05) is 4.72 Å². The summed E-state index contributed by atoms with van der Waals surface area (Å²) in [5, 5.41) is 0.181. The number of nitrogens with one attached hydrogen (secondary N) is 1. The lowest BCUT2D eigenvalue weighted by Crippen LogP contribution is -2.07. The average Bonchev–Trinajstić information content (AvgIpc) is 2.88. The van der Waals surface area contributed by atoms with E-state index in [0.717, 1.165) is 16.5 Å². The molecule has 0 fully saturated rings. The molecule has 0 spiro atoms. The SMILES string of the molecule is Cc1cc(Oc2ccc(NSc3cccc(-c4ncccn4)c3)c(F)c2)c2cccc(C(F)(F)F)c2n1. The Hall–Kier alpha value is -4.18. The Bertz CT molecular complexity index is 1580. The number of rotatable bonds is 6. The van der Waals surface area contributed by atoms with Crippen LogP contribution in [0.1, 0.15) is 11.3 Å². The Balaban J connectivity index is 1.35. The summed E-state index contributed by atoms with van der Waals surface area (Å²) in [5.74, 6) is 0.293. The van der Waals surface area contributed by atoms with Crippen LogP contribution in [0.25, 0.3) is 22.3 Å². The monoisotopic (exact) mass is 522 g/mol. The highest BCUT2D eigenvalue weighted by molar-refractivity contribution is 8.00. The van der Waals surface area contributed by atoms with Crippen LogP contribution in [0.4, 0.5) is 23.2 Å². The molecule has 2 aromatic heterocycles. The molecular weight excluding hydrogens is 504 g/mol. The largest absolute Gasteiger partial charge is 0.456 e. The highest BCUT2D eigenvalue weighted by Gasteiger charge is 2.33. The number of ether oxygens (including phenoxy) is 1. The summed E-state index contributed by atoms with van der Waals surface area (Å²) in [7, 11) is 0. The fourth-order valence-electron chi connectivity index (χ4n) is 3.68. The van der Waals surface area contributed by atoms with Crippen LogP contribution in [0.3, 0.4) is 0 Å². The molecule has 0 amide bonds. The zero-order valence-electron chi connectivity index (χ0n) is 19.3. The molecule has 37 heavy (non-hydrogen) atoms. The summed E-state index contributed by atoms with van der Waals surface area (Å²) in [6, 6.07) is 18.7. The fraction of sp³-hybridized carbons (Fsp3) is 0.0741. The quantitative estimate of drug-likeness (QED) is 0.180. The molecule has 5 nitrogen and oxygen atoms in total. The summed E-state index contributed by atoms with van der Waals surface area (Å²) in [4.78, 5) is 13.3. The summed E-state index contributed by atoms with van der Waals surface area (Å²) < 4.78 is 64.0. The smallest absolute Gasteiger partial charge is 0.418 e. The van der Waals surface area contributed by atoms with Gasteiger partial charge < -0.3 is 9.46 Å². The molecule has 0 saturated heterocycles. The van der Waals surface area contributed by atoms with Crippen molar-refractivity contribution in [2.45, 2.75) is 18.0 Å². The van der Waals surface area contributed by atoms with Gasteiger partial charge in [0.2, 0.25) is 0 Å². The number of hydrogen-bond acceptors (Lipinski definition) is 6. The molecule has 0 saturated carbocycles. The highest BCUT2D eigenvalue weighted by Crippen LogP contribution is 2.38. The first kappa shape index (κ1) is 24.5. The third-order valence-corrected chi connectivity index (χ3v) is 6.15. The van der Waals surface area contributed by atoms with E-state index in [-0.39, 0.29) is 28.1 Å². The van der Waals surface area contributed by atoms with Crippen LogP contribution in [0.5, 0.6) is 11.5 Å². The maximum absolute atomic E-state index is 14.9. The van der Waals surface area contributed by atoms with E-state index in [2.05, 4.69) is 19.7 Å². The molecule has 5 rings (SSSR count). The topological polar surface area (TPSA) is 59.9 Å². The van der Waals surface area contributed by atoms with Gasteiger partial charge in [0.25, 0.3) is 0 Å². The van der Waals surface area contributed by atoms with E-state index in [1.165, 1.54) is 48.3 Å². The molecule has 0 unspecified atom stereocenters. The Morgan fingerprint density at radius 2 is 1.68 bits per heavy atom. The Morgan fingerprint density at radius 1 is 0.892 bits per heavy atom. The third-order valence-electron chi connectivity index (χ3n) is 5.34. The van der Waals surface area contributed by atoms with Crippen LogP contribution < -0.4 is 9.46 Å². The van der Waals surface area contributed by atoms with Crippen molar-refractivity contribution in [2.24, 2.45) is 0 Å². The lowest BCUT2D eigenvalue weighted by molar-refractivity contribution is -0.136. The fourth-order valence-corrected chi connectivity index (χ4v) is 4.41. The Kier molecular flexibility index (Phi) is 6.66. The molecule has 0 aliphatic carbocycles. The van der Waals surface area contributed by atoms with Crippen molar-refractivity contribution >= 4 is 28.5 Å². The number of alkyl halides is 3. The van der Waals surface area contributed by atoms with Crippen molar-refractivity contribution in [1.29, 1.82) is 0 Å². The number of aromatic nitrogens is 3. The number of pyridine rings is 1. The van der Waals surface area contributed by atoms with Gasteiger partial charge in [-0.2, -0.15) is 13.2 Å². The van der Waals surface area contributed by atoms with Gasteiger partial charge in [-0.05, 0) is 61.3 Å². The number of anilines is 1. The maximum atomic E-state index is 14.9. The second-order valence-electron chi connectivity index (χ2n) is 8.01. The average molecular weight is 523 g/mol. The standard InChI is InChI=1S/C27H18F4N4OS/c1-16-13-24(20-7-3-8-21(25(20)34-16)27(29,30)31)36-18-9-10-23(22(28)15-18)35-37-19-6-2-5-17(14-19)26-32-11-4-12-33-26/h2-15,35H,1H3. The first-order chi connectivity index (χ1) is 17.8. The zero-order valence-corrected chi connectivity index (χ0v) is 20.1. The predicted molar refractivity (Wildman–Crippen MR) is 135 cm³/mol. The number of nitrogens with zero attached hydrogens (tertiary/aromatic N) is 3. The van der Waals surface area contributed by atoms with Gasteiger partial charge in [0.1, 0.15) is 11.5 Å². The van der Waals surface area contributed by atoms with Crippen molar-refractivity contribution in [3.8, 4) is 22.9 Å². The summed E-state index contributed by atoms with van der Waals surface area (Å²) in [5.41, 5.74) is 0.309. The minimum atomic E-state index is -4.57. The van der Waals surface area contributed by atoms with Crippen LogP contribution in [0, 0.1) is 12.7 Å². The summed E-state index contributed by atoms with van der Waals surface area (Å²) in [6.07, 6.45) is -1.25. The van der Waals surface area contributed by atoms with E-state index in [1.807, 2.05) is 24.3 Å². The van der Waals surface area contributed by atoms with Crippen LogP contribution in [0.15, 0.2) is 90.1 Å². The Morgan fingerprint density at radius 3 is 2.43 bits per heavy atom. The van der Waals surface area contributed by atoms with Gasteiger partial charge in [-0.1, -0.05) is 18.2 Å². The minimum absolute atomic E-state index is 0.139. The molecule has 1 N–H and O–H groups in total. The molecule has 0 aliphatic heterocycles. The van der Waals surface area contributed by atoms with E-state index in [0.29, 0.717) is 11.5 Å². The first-order valence-electron chi connectivity index (χ1n) is 11.0. The van der Waals surface area contributed by atoms with E-state index in [9.17, 15) is 17.6 Å². The molecule has 3 aromatic carbocycles. The number of fused-ring (bicyclic) bond motifs is 1. The molecule has 0 atom stereocenters. The van der Waals surface area contributed by atoms with E-state index in [1.54, 1.807) is 25.4 Å². The number of benzene rings is 3. The van der Waals surface area contributed by atoms with Gasteiger partial charge in [-0.15, -0.1) is 0 Å². The lowest BCUT2D eigenvalue weighted by atomic mass is 10.1. The number of halogens is 4. The van der Waals surface area contributed by atoms with E-state index >= 15 is 0 Å². The molecule has 186 valence electrons. The van der Waals surface area contributed by atoms with Gasteiger partial charge in [-0.25, -0.2) is 14.4 Å². The molecule has 2 heterocycles. The van der Waals surface area contributed by atoms with Crippen molar-refractivity contribution in [1.82, 2.24) is 15.0 Å². The lowest BCUT2D eigenvalue weighted by Gasteiger charge is -2.14. The maximum Gasteiger partial charge on any atom is 0.418 e. The van der Waals surface area contributed by atoms with Crippen LogP contribution >= 0.6 is 11.9 Å². The van der Waals surface area contributed by atoms with Crippen LogP contribution in [-0.4, -0.2) is 15.0 Å². The predicted octanol–water partition coefficient (Wildman–Crippen LogP) is 8.07. The molecule has 10 heteroatoms. The van der Waals surface area contributed by atoms with Crippen molar-refractivity contribution < 1.29 is 22.3 Å². The molecule has 0 bridgehead atoms. The third kappa shape index (κ3) is 5.49. The second kappa shape index (κ2) is 10.1. The Labute approximate surface area is 213 Å². The highest BCUT2D eigenvalue weighted by atomic mass is 32.2. The molecule has 0 radical (unpaired) electrons. The number of hydrogen-bond donors (Lipinski definition) is 1. The number of para-hydroxylation sites is 1. The molecule has 0 aliphatic rings. The number of aryl methyl sites for hydroxylation is 1. The van der Waals surface area contributed by atoms with Crippen molar-refractivity contribution in [3.05, 3.63) is 102 Å². The van der Waals surface area contributed by atoms with Crippen molar-refractivity contribution in [3.63, 3.8) is 0 Å². The van der Waals surface area contributed by atoms with Crippen LogP contribution in [0.2, 0.25) is 0 Å². The molecule has 5 aromatic rings. The van der Waals surface area contributed by atoms with Crippen LogP contribution in [-0.2, 0) is 6.18 Å². The van der Waals surface area contributed by atoms with Gasteiger partial charge in [-0.3, -0.25) is 4.98 Å². The van der Waals surface area contributed by atoms with E-state index in [4.69, 9.17) is 4.74 Å². The normalized spacial score (nSPS) is 11.5.